The molecule has 0 amide bonds. The first-order valence-electron chi connectivity index (χ1n) is 10.7. The maximum atomic E-state index is 13.9. The lowest BCUT2D eigenvalue weighted by Gasteiger charge is -2.19. The number of ether oxygens (including phenoxy) is 4. The SMILES string of the molecule is COc1cc2c3ccc(OC)c(OC)c3n(C(=O)c3ccc(C(C)(C)C)cc3)c2cc1OC. The highest BCUT2D eigenvalue weighted by molar-refractivity contribution is 6.18. The summed E-state index contributed by atoms with van der Waals surface area (Å²) in [4.78, 5) is 13.9. The third-order valence-electron chi connectivity index (χ3n) is 5.98. The highest BCUT2D eigenvalue weighted by Gasteiger charge is 2.25. The molecule has 0 spiro atoms. The van der Waals surface area contributed by atoms with E-state index in [9.17, 15) is 4.79 Å². The molecule has 4 aromatic rings. The second-order valence-corrected chi connectivity index (χ2v) is 8.89. The Bertz CT molecular complexity index is 1340. The predicted octanol–water partition coefficient (Wildman–Crippen LogP) is 5.81. The summed E-state index contributed by atoms with van der Waals surface area (Å²) in [7, 11) is 6.32. The number of fused-ring (bicyclic) bond motifs is 3. The summed E-state index contributed by atoms with van der Waals surface area (Å²) in [5.41, 5.74) is 3.05. The summed E-state index contributed by atoms with van der Waals surface area (Å²) < 4.78 is 24.0. The molecule has 0 saturated carbocycles. The first kappa shape index (κ1) is 22.5. The molecule has 0 atom stereocenters. The van der Waals surface area contributed by atoms with Crippen LogP contribution in [0.2, 0.25) is 0 Å². The molecule has 6 heteroatoms. The first-order valence-corrected chi connectivity index (χ1v) is 10.7. The van der Waals surface area contributed by atoms with E-state index in [1.807, 2.05) is 48.5 Å². The molecule has 0 aliphatic heterocycles. The number of aromatic nitrogens is 1. The van der Waals surface area contributed by atoms with E-state index in [0.717, 1.165) is 16.3 Å². The van der Waals surface area contributed by atoms with Crippen molar-refractivity contribution < 1.29 is 23.7 Å². The second kappa shape index (κ2) is 8.35. The minimum absolute atomic E-state index is 0.00503. The van der Waals surface area contributed by atoms with Gasteiger partial charge in [0.2, 0.25) is 0 Å². The fourth-order valence-electron chi connectivity index (χ4n) is 4.19. The average Bonchev–Trinajstić information content (AvgIpc) is 3.14. The number of benzene rings is 3. The Kier molecular flexibility index (Phi) is 5.70. The van der Waals surface area contributed by atoms with E-state index in [4.69, 9.17) is 18.9 Å². The molecule has 0 unspecified atom stereocenters. The number of nitrogens with zero attached hydrogens (tertiary/aromatic N) is 1. The van der Waals surface area contributed by atoms with Gasteiger partial charge in [-0.1, -0.05) is 32.9 Å². The number of rotatable bonds is 5. The fourth-order valence-corrected chi connectivity index (χ4v) is 4.19. The maximum absolute atomic E-state index is 13.9. The van der Waals surface area contributed by atoms with Gasteiger partial charge < -0.3 is 18.9 Å². The van der Waals surface area contributed by atoms with Crippen molar-refractivity contribution in [3.8, 4) is 23.0 Å². The molecular weight excluding hydrogens is 418 g/mol. The second-order valence-electron chi connectivity index (χ2n) is 8.89. The molecule has 3 aromatic carbocycles. The monoisotopic (exact) mass is 447 g/mol. The van der Waals surface area contributed by atoms with Crippen LogP contribution in [0.3, 0.4) is 0 Å². The Morgan fingerprint density at radius 3 is 1.88 bits per heavy atom. The van der Waals surface area contributed by atoms with Crippen molar-refractivity contribution in [1.82, 2.24) is 4.57 Å². The molecule has 1 aromatic heterocycles. The zero-order valence-electron chi connectivity index (χ0n) is 20.1. The topological polar surface area (TPSA) is 58.9 Å². The maximum Gasteiger partial charge on any atom is 0.263 e. The highest BCUT2D eigenvalue weighted by atomic mass is 16.5. The van der Waals surface area contributed by atoms with Gasteiger partial charge >= 0.3 is 0 Å². The van der Waals surface area contributed by atoms with Crippen LogP contribution in [0, 0.1) is 0 Å². The zero-order valence-corrected chi connectivity index (χ0v) is 20.1. The molecule has 0 radical (unpaired) electrons. The van der Waals surface area contributed by atoms with Gasteiger partial charge in [0.15, 0.2) is 23.0 Å². The number of methoxy groups -OCH3 is 4. The minimum atomic E-state index is -0.172. The van der Waals surface area contributed by atoms with Crippen molar-refractivity contribution >= 4 is 27.7 Å². The normalized spacial score (nSPS) is 11.6. The summed E-state index contributed by atoms with van der Waals surface area (Å²) in [5, 5.41) is 1.70. The van der Waals surface area contributed by atoms with Crippen molar-refractivity contribution in [2.24, 2.45) is 0 Å². The summed E-state index contributed by atoms with van der Waals surface area (Å²) in [6.45, 7) is 6.44. The van der Waals surface area contributed by atoms with Crippen LogP contribution in [0.25, 0.3) is 21.8 Å². The van der Waals surface area contributed by atoms with Crippen LogP contribution in [-0.2, 0) is 5.41 Å². The molecule has 0 aliphatic carbocycles. The Morgan fingerprint density at radius 2 is 1.33 bits per heavy atom. The van der Waals surface area contributed by atoms with E-state index in [0.29, 0.717) is 39.6 Å². The van der Waals surface area contributed by atoms with E-state index >= 15 is 0 Å². The van der Waals surface area contributed by atoms with Crippen molar-refractivity contribution in [1.29, 1.82) is 0 Å². The summed E-state index contributed by atoms with van der Waals surface area (Å²) >= 11 is 0. The number of hydrogen-bond acceptors (Lipinski definition) is 5. The molecule has 0 bridgehead atoms. The van der Waals surface area contributed by atoms with Crippen LogP contribution in [0.15, 0.2) is 48.5 Å². The van der Waals surface area contributed by atoms with Crippen LogP contribution < -0.4 is 18.9 Å². The largest absolute Gasteiger partial charge is 0.493 e. The van der Waals surface area contributed by atoms with Gasteiger partial charge in [0.05, 0.1) is 34.0 Å². The van der Waals surface area contributed by atoms with Gasteiger partial charge in [-0.05, 0) is 41.3 Å². The lowest BCUT2D eigenvalue weighted by atomic mass is 9.86. The molecule has 4 rings (SSSR count). The van der Waals surface area contributed by atoms with Crippen LogP contribution in [0.5, 0.6) is 23.0 Å². The Morgan fingerprint density at radius 1 is 0.727 bits per heavy atom. The summed E-state index contributed by atoms with van der Waals surface area (Å²) in [5.74, 6) is 1.98. The molecule has 172 valence electrons. The lowest BCUT2D eigenvalue weighted by Crippen LogP contribution is -2.14. The van der Waals surface area contributed by atoms with Gasteiger partial charge in [-0.3, -0.25) is 9.36 Å². The summed E-state index contributed by atoms with van der Waals surface area (Å²) in [6, 6.07) is 15.2. The zero-order chi connectivity index (χ0) is 23.9. The number of hydrogen-bond donors (Lipinski definition) is 0. The van der Waals surface area contributed by atoms with Crippen molar-refractivity contribution in [3.05, 3.63) is 59.7 Å². The van der Waals surface area contributed by atoms with Crippen molar-refractivity contribution in [2.75, 3.05) is 28.4 Å². The predicted molar refractivity (Wildman–Crippen MR) is 131 cm³/mol. The number of carbonyl (C=O) groups is 1. The Labute approximate surface area is 193 Å². The molecule has 1 heterocycles. The van der Waals surface area contributed by atoms with E-state index in [-0.39, 0.29) is 11.3 Å². The fraction of sp³-hybridized carbons (Fsp3) is 0.296. The van der Waals surface area contributed by atoms with Gasteiger partial charge in [0, 0.05) is 22.4 Å². The third kappa shape index (κ3) is 3.65. The van der Waals surface area contributed by atoms with E-state index < -0.39 is 0 Å². The van der Waals surface area contributed by atoms with Crippen LogP contribution in [0.4, 0.5) is 0 Å². The molecule has 0 N–H and O–H groups in total. The van der Waals surface area contributed by atoms with E-state index in [1.54, 1.807) is 33.0 Å². The Hall–Kier alpha value is -3.67. The van der Waals surface area contributed by atoms with Gasteiger partial charge in [-0.25, -0.2) is 0 Å². The van der Waals surface area contributed by atoms with Crippen molar-refractivity contribution in [2.45, 2.75) is 26.2 Å². The third-order valence-corrected chi connectivity index (χ3v) is 5.98. The van der Waals surface area contributed by atoms with Crippen molar-refractivity contribution in [3.63, 3.8) is 0 Å². The van der Waals surface area contributed by atoms with Gasteiger partial charge in [0.25, 0.3) is 5.91 Å². The Balaban J connectivity index is 2.06. The van der Waals surface area contributed by atoms with Crippen LogP contribution in [-0.4, -0.2) is 38.9 Å². The highest BCUT2D eigenvalue weighted by Crippen LogP contribution is 2.44. The van der Waals surface area contributed by atoms with Gasteiger partial charge in [0.1, 0.15) is 5.52 Å². The molecule has 0 saturated heterocycles. The lowest BCUT2D eigenvalue weighted by molar-refractivity contribution is 0.0969. The van der Waals surface area contributed by atoms with Gasteiger partial charge in [-0.15, -0.1) is 0 Å². The van der Waals surface area contributed by atoms with Gasteiger partial charge in [-0.2, -0.15) is 0 Å². The summed E-state index contributed by atoms with van der Waals surface area (Å²) in [6.07, 6.45) is 0. The number of carbonyl (C=O) groups excluding carboxylic acids is 1. The first-order chi connectivity index (χ1) is 15.7. The minimum Gasteiger partial charge on any atom is -0.493 e. The average molecular weight is 448 g/mol. The molecule has 33 heavy (non-hydrogen) atoms. The molecule has 6 nitrogen and oxygen atoms in total. The molecule has 0 aliphatic rings. The standard InChI is InChI=1S/C27H29NO5/c1-27(2,3)17-10-8-16(9-11-17)26(29)28-20-15-23(32-6)22(31-5)14-19(20)18-12-13-21(30-4)25(33-7)24(18)28/h8-15H,1-7H3. The molecular formula is C27H29NO5. The van der Waals surface area contributed by atoms with E-state index in [1.165, 1.54) is 0 Å². The van der Waals surface area contributed by atoms with Crippen LogP contribution in [0.1, 0.15) is 36.7 Å². The quantitative estimate of drug-likeness (QED) is 0.386. The van der Waals surface area contributed by atoms with E-state index in [2.05, 4.69) is 20.8 Å². The molecule has 0 fully saturated rings. The smallest absolute Gasteiger partial charge is 0.263 e. The van der Waals surface area contributed by atoms with Crippen LogP contribution >= 0.6 is 0 Å².